The molecule has 0 unspecified atom stereocenters. The van der Waals surface area contributed by atoms with Crippen LogP contribution in [0.15, 0.2) is 48.7 Å². The van der Waals surface area contributed by atoms with Crippen molar-refractivity contribution in [2.75, 3.05) is 18.8 Å². The maximum atomic E-state index is 12.3. The number of anilines is 1. The van der Waals surface area contributed by atoms with E-state index in [2.05, 4.69) is 17.1 Å². The average Bonchev–Trinajstić information content (AvgIpc) is 2.51. The van der Waals surface area contributed by atoms with Gasteiger partial charge in [0.25, 0.3) is 0 Å². The van der Waals surface area contributed by atoms with Crippen LogP contribution in [-0.2, 0) is 17.6 Å². The predicted octanol–water partition coefficient (Wildman–Crippen LogP) is 2.72. The molecule has 2 aromatic rings. The number of nitrogens with zero attached hydrogens (tertiary/aromatic N) is 2. The fourth-order valence-electron chi connectivity index (χ4n) is 2.18. The molecule has 118 valence electrons. The van der Waals surface area contributed by atoms with E-state index in [4.69, 9.17) is 5.73 Å². The van der Waals surface area contributed by atoms with Gasteiger partial charge in [-0.1, -0.05) is 30.3 Å². The van der Waals surface area contributed by atoms with E-state index in [0.717, 1.165) is 18.7 Å². The van der Waals surface area contributed by atoms with Gasteiger partial charge in [0.15, 0.2) is 0 Å². The molecule has 5 heteroatoms. The van der Waals surface area contributed by atoms with Crippen molar-refractivity contribution in [3.8, 4) is 0 Å². The van der Waals surface area contributed by atoms with E-state index in [-0.39, 0.29) is 18.3 Å². The number of hydrogen-bond acceptors (Lipinski definition) is 3. The maximum Gasteiger partial charge on any atom is 0.228 e. The summed E-state index contributed by atoms with van der Waals surface area (Å²) >= 11 is 0. The average molecular weight is 320 g/mol. The number of nitrogens with two attached hydrogens (primary N) is 1. The number of nitrogen functional groups attached to an aromatic ring is 1. The highest BCUT2D eigenvalue weighted by Gasteiger charge is 2.12. The summed E-state index contributed by atoms with van der Waals surface area (Å²) < 4.78 is 0. The minimum absolute atomic E-state index is 0. The van der Waals surface area contributed by atoms with Gasteiger partial charge in [0, 0.05) is 18.8 Å². The Hall–Kier alpha value is -2.07. The van der Waals surface area contributed by atoms with Crippen molar-refractivity contribution in [1.82, 2.24) is 9.88 Å². The van der Waals surface area contributed by atoms with Crippen molar-refractivity contribution in [3.63, 3.8) is 0 Å². The van der Waals surface area contributed by atoms with E-state index in [0.29, 0.717) is 18.7 Å². The number of aromatic nitrogens is 1. The Balaban J connectivity index is 0.00000242. The molecule has 0 saturated carbocycles. The summed E-state index contributed by atoms with van der Waals surface area (Å²) in [7, 11) is 0. The fourth-order valence-corrected chi connectivity index (χ4v) is 2.18. The first kappa shape index (κ1) is 18.0. The molecule has 0 fully saturated rings. The Morgan fingerprint density at radius 3 is 2.50 bits per heavy atom. The van der Waals surface area contributed by atoms with Gasteiger partial charge in [-0.25, -0.2) is 0 Å². The first-order valence-electron chi connectivity index (χ1n) is 7.21. The lowest BCUT2D eigenvalue weighted by molar-refractivity contribution is -0.130. The highest BCUT2D eigenvalue weighted by Crippen LogP contribution is 2.06. The van der Waals surface area contributed by atoms with Gasteiger partial charge in [0.1, 0.15) is 0 Å². The maximum absolute atomic E-state index is 12.3. The number of benzene rings is 1. The van der Waals surface area contributed by atoms with E-state index < -0.39 is 0 Å². The van der Waals surface area contributed by atoms with Crippen molar-refractivity contribution in [2.24, 2.45) is 0 Å². The lowest BCUT2D eigenvalue weighted by atomic mass is 10.1. The zero-order valence-corrected chi connectivity index (χ0v) is 13.6. The molecule has 0 saturated heterocycles. The van der Waals surface area contributed by atoms with E-state index in [1.165, 1.54) is 5.56 Å². The van der Waals surface area contributed by atoms with E-state index in [1.54, 1.807) is 18.3 Å². The van der Waals surface area contributed by atoms with Gasteiger partial charge in [0.05, 0.1) is 18.3 Å². The first-order valence-corrected chi connectivity index (χ1v) is 7.21. The summed E-state index contributed by atoms with van der Waals surface area (Å²) in [6.45, 7) is 3.44. The Kier molecular flexibility index (Phi) is 7.40. The number of hydrogen-bond donors (Lipinski definition) is 1. The van der Waals surface area contributed by atoms with Gasteiger partial charge in [0.2, 0.25) is 5.91 Å². The third-order valence-electron chi connectivity index (χ3n) is 3.43. The fraction of sp³-hybridized carbons (Fsp3) is 0.294. The van der Waals surface area contributed by atoms with Crippen LogP contribution < -0.4 is 5.73 Å². The highest BCUT2D eigenvalue weighted by atomic mass is 35.5. The van der Waals surface area contributed by atoms with Crippen molar-refractivity contribution in [1.29, 1.82) is 0 Å². The third kappa shape index (κ3) is 5.37. The van der Waals surface area contributed by atoms with Crippen molar-refractivity contribution >= 4 is 24.0 Å². The third-order valence-corrected chi connectivity index (χ3v) is 3.43. The Labute approximate surface area is 137 Å². The molecule has 0 atom stereocenters. The van der Waals surface area contributed by atoms with Crippen LogP contribution in [0.5, 0.6) is 0 Å². The zero-order chi connectivity index (χ0) is 15.1. The van der Waals surface area contributed by atoms with Crippen LogP contribution in [0.2, 0.25) is 0 Å². The van der Waals surface area contributed by atoms with Crippen molar-refractivity contribution < 1.29 is 4.79 Å². The smallest absolute Gasteiger partial charge is 0.228 e. The van der Waals surface area contributed by atoms with Crippen LogP contribution in [-0.4, -0.2) is 28.9 Å². The summed E-state index contributed by atoms with van der Waals surface area (Å²) in [5.74, 6) is 0.103. The molecule has 0 aliphatic heterocycles. The molecule has 22 heavy (non-hydrogen) atoms. The van der Waals surface area contributed by atoms with Gasteiger partial charge in [-0.05, 0) is 31.0 Å². The molecule has 2 rings (SSSR count). The molecule has 1 heterocycles. The molecule has 2 N–H and O–H groups in total. The lowest BCUT2D eigenvalue weighted by Gasteiger charge is -2.20. The summed E-state index contributed by atoms with van der Waals surface area (Å²) in [6, 6.07) is 13.8. The Morgan fingerprint density at radius 1 is 1.18 bits per heavy atom. The van der Waals surface area contributed by atoms with Crippen LogP contribution in [0, 0.1) is 0 Å². The molecule has 0 radical (unpaired) electrons. The summed E-state index contributed by atoms with van der Waals surface area (Å²) in [5, 5.41) is 0. The Morgan fingerprint density at radius 2 is 1.91 bits per heavy atom. The second kappa shape index (κ2) is 9.05. The molecule has 1 amide bonds. The highest BCUT2D eigenvalue weighted by molar-refractivity contribution is 5.85. The van der Waals surface area contributed by atoms with Crippen LogP contribution >= 0.6 is 12.4 Å². The number of halogens is 1. The van der Waals surface area contributed by atoms with E-state index in [1.807, 2.05) is 30.0 Å². The summed E-state index contributed by atoms with van der Waals surface area (Å²) in [4.78, 5) is 18.4. The van der Waals surface area contributed by atoms with Crippen LogP contribution in [0.1, 0.15) is 18.2 Å². The zero-order valence-electron chi connectivity index (χ0n) is 12.7. The standard InChI is InChI=1S/C17H21N3O.ClH/c1-2-20(11-10-14-6-4-3-5-7-14)17(21)12-16-9-8-15(18)13-19-16;/h3-9,13H,2,10-12,18H2,1H3;1H. The van der Waals surface area contributed by atoms with Gasteiger partial charge in [-0.2, -0.15) is 0 Å². The largest absolute Gasteiger partial charge is 0.397 e. The van der Waals surface area contributed by atoms with Gasteiger partial charge in [-0.3, -0.25) is 9.78 Å². The van der Waals surface area contributed by atoms with Gasteiger partial charge >= 0.3 is 0 Å². The molecule has 0 aliphatic carbocycles. The van der Waals surface area contributed by atoms with Crippen LogP contribution in [0.3, 0.4) is 0 Å². The number of amides is 1. The predicted molar refractivity (Wildman–Crippen MR) is 92.0 cm³/mol. The monoisotopic (exact) mass is 319 g/mol. The summed E-state index contributed by atoms with van der Waals surface area (Å²) in [6.07, 6.45) is 2.78. The minimum atomic E-state index is 0. The SMILES string of the molecule is CCN(CCc1ccccc1)C(=O)Cc1ccc(N)cn1.Cl. The number of carbonyl (C=O) groups is 1. The normalized spacial score (nSPS) is 9.86. The summed E-state index contributed by atoms with van der Waals surface area (Å²) in [5.41, 5.74) is 8.21. The number of rotatable bonds is 6. The first-order chi connectivity index (χ1) is 10.2. The molecule has 0 aliphatic rings. The molecular weight excluding hydrogens is 298 g/mol. The molecule has 1 aromatic heterocycles. The van der Waals surface area contributed by atoms with E-state index in [9.17, 15) is 4.79 Å². The Bertz CT molecular complexity index is 572. The topological polar surface area (TPSA) is 59.2 Å². The quantitative estimate of drug-likeness (QED) is 0.890. The number of likely N-dealkylation sites (N-methyl/N-ethyl adjacent to an activating group) is 1. The van der Waals surface area contributed by atoms with Crippen LogP contribution in [0.25, 0.3) is 0 Å². The second-order valence-corrected chi connectivity index (χ2v) is 4.97. The second-order valence-electron chi connectivity index (χ2n) is 4.97. The van der Waals surface area contributed by atoms with E-state index >= 15 is 0 Å². The van der Waals surface area contributed by atoms with Crippen molar-refractivity contribution in [2.45, 2.75) is 19.8 Å². The van der Waals surface area contributed by atoms with Crippen LogP contribution in [0.4, 0.5) is 5.69 Å². The minimum Gasteiger partial charge on any atom is -0.397 e. The number of carbonyl (C=O) groups excluding carboxylic acids is 1. The van der Waals surface area contributed by atoms with Crippen molar-refractivity contribution in [3.05, 3.63) is 59.9 Å². The number of pyridine rings is 1. The molecule has 4 nitrogen and oxygen atoms in total. The molecule has 1 aromatic carbocycles. The van der Waals surface area contributed by atoms with Gasteiger partial charge < -0.3 is 10.6 Å². The molecule has 0 bridgehead atoms. The lowest BCUT2D eigenvalue weighted by Crippen LogP contribution is -2.34. The molecule has 0 spiro atoms. The molecular formula is C17H22ClN3O. The van der Waals surface area contributed by atoms with Gasteiger partial charge in [-0.15, -0.1) is 12.4 Å².